The van der Waals surface area contributed by atoms with Gasteiger partial charge < -0.3 is 14.8 Å². The highest BCUT2D eigenvalue weighted by molar-refractivity contribution is 5.61. The minimum absolute atomic E-state index is 0.124. The fourth-order valence-electron chi connectivity index (χ4n) is 2.47. The minimum Gasteiger partial charge on any atom is -0.497 e. The number of benzene rings is 2. The lowest BCUT2D eigenvalue weighted by atomic mass is 10.1. The highest BCUT2D eigenvalue weighted by Gasteiger charge is 2.10. The summed E-state index contributed by atoms with van der Waals surface area (Å²) in [5, 5.41) is 23.2. The first-order valence-electron chi connectivity index (χ1n) is 8.28. The molecule has 0 bridgehead atoms. The smallest absolute Gasteiger partial charge is 0.270 e. The number of nitriles is 1. The summed E-state index contributed by atoms with van der Waals surface area (Å²) in [7, 11) is 1.59. The summed E-state index contributed by atoms with van der Waals surface area (Å²) in [6.07, 6.45) is 1.62. The number of non-ortho nitro benzene ring substituents is 1. The molecular weight excluding hydrogens is 360 g/mol. The van der Waals surface area contributed by atoms with Crippen LogP contribution < -0.4 is 14.8 Å². The number of pyridine rings is 1. The molecule has 3 aromatic rings. The Kier molecular flexibility index (Phi) is 5.67. The van der Waals surface area contributed by atoms with E-state index in [1.54, 1.807) is 43.6 Å². The summed E-state index contributed by atoms with van der Waals surface area (Å²) in [5.74, 6) is 1.78. The zero-order valence-electron chi connectivity index (χ0n) is 15.0. The lowest BCUT2D eigenvalue weighted by molar-refractivity contribution is -0.384. The second kappa shape index (κ2) is 8.51. The van der Waals surface area contributed by atoms with Gasteiger partial charge in [-0.3, -0.25) is 10.1 Å². The van der Waals surface area contributed by atoms with Crippen LogP contribution in [0.25, 0.3) is 0 Å². The van der Waals surface area contributed by atoms with Crippen LogP contribution in [-0.2, 0) is 6.54 Å². The highest BCUT2D eigenvalue weighted by Crippen LogP contribution is 2.24. The first kappa shape index (κ1) is 18.7. The third-order valence-electron chi connectivity index (χ3n) is 3.90. The van der Waals surface area contributed by atoms with Crippen LogP contribution in [0.5, 0.6) is 17.4 Å². The van der Waals surface area contributed by atoms with Gasteiger partial charge in [0.05, 0.1) is 23.3 Å². The van der Waals surface area contributed by atoms with Crippen LogP contribution in [-0.4, -0.2) is 17.0 Å². The standard InChI is InChI=1S/C20H16N4O4/c1-27-17-3-5-18(6-4-17)28-20-10-14(8-9-22-20)13-23-19-7-2-16(24(25)26)11-15(19)12-21/h2-11,23H,13H2,1H3. The van der Waals surface area contributed by atoms with Crippen molar-refractivity contribution in [3.05, 3.63) is 82.0 Å². The van der Waals surface area contributed by atoms with Gasteiger partial charge in [-0.15, -0.1) is 0 Å². The van der Waals surface area contributed by atoms with E-state index in [-0.39, 0.29) is 11.3 Å². The molecule has 140 valence electrons. The van der Waals surface area contributed by atoms with E-state index >= 15 is 0 Å². The molecule has 0 unspecified atom stereocenters. The van der Waals surface area contributed by atoms with Crippen LogP contribution in [0.1, 0.15) is 11.1 Å². The minimum atomic E-state index is -0.531. The zero-order chi connectivity index (χ0) is 19.9. The fourth-order valence-corrected chi connectivity index (χ4v) is 2.47. The third-order valence-corrected chi connectivity index (χ3v) is 3.90. The second-order valence-electron chi connectivity index (χ2n) is 5.73. The van der Waals surface area contributed by atoms with E-state index in [2.05, 4.69) is 10.3 Å². The summed E-state index contributed by atoms with van der Waals surface area (Å²) >= 11 is 0. The van der Waals surface area contributed by atoms with Gasteiger partial charge >= 0.3 is 0 Å². The average Bonchev–Trinajstić information content (AvgIpc) is 2.73. The molecule has 8 heteroatoms. The summed E-state index contributed by atoms with van der Waals surface area (Å²) in [6, 6.07) is 16.8. The van der Waals surface area contributed by atoms with Crippen LogP contribution in [0.4, 0.5) is 11.4 Å². The van der Waals surface area contributed by atoms with Crippen molar-refractivity contribution in [3.8, 4) is 23.4 Å². The molecule has 0 saturated heterocycles. The molecule has 0 aliphatic carbocycles. The maximum Gasteiger partial charge on any atom is 0.270 e. The predicted octanol–water partition coefficient (Wildman–Crippen LogP) is 4.27. The molecule has 2 aromatic carbocycles. The quantitative estimate of drug-likeness (QED) is 0.484. The molecule has 0 fully saturated rings. The van der Waals surface area contributed by atoms with Gasteiger partial charge in [0.2, 0.25) is 5.88 Å². The molecule has 0 aliphatic rings. The molecule has 8 nitrogen and oxygen atoms in total. The molecule has 0 amide bonds. The Bertz CT molecular complexity index is 1030. The normalized spacial score (nSPS) is 10.0. The van der Waals surface area contributed by atoms with Gasteiger partial charge in [0.1, 0.15) is 17.6 Å². The van der Waals surface area contributed by atoms with Crippen molar-refractivity contribution in [3.63, 3.8) is 0 Å². The van der Waals surface area contributed by atoms with Gasteiger partial charge in [-0.2, -0.15) is 5.26 Å². The van der Waals surface area contributed by atoms with Gasteiger partial charge in [-0.05, 0) is 42.0 Å². The molecule has 0 spiro atoms. The Labute approximate surface area is 161 Å². The molecule has 1 N–H and O–H groups in total. The Morgan fingerprint density at radius 1 is 1.14 bits per heavy atom. The van der Waals surface area contributed by atoms with Gasteiger partial charge in [0, 0.05) is 30.9 Å². The number of nitro groups is 1. The van der Waals surface area contributed by atoms with Crippen molar-refractivity contribution in [1.29, 1.82) is 5.26 Å². The maximum absolute atomic E-state index is 10.8. The molecular formula is C20H16N4O4. The molecule has 0 radical (unpaired) electrons. The number of aromatic nitrogens is 1. The maximum atomic E-state index is 10.8. The summed E-state index contributed by atoms with van der Waals surface area (Å²) in [5.41, 5.74) is 1.47. The number of nitro benzene ring substituents is 1. The van der Waals surface area contributed by atoms with E-state index in [0.717, 1.165) is 11.3 Å². The Morgan fingerprint density at radius 2 is 1.89 bits per heavy atom. The van der Waals surface area contributed by atoms with Gasteiger partial charge in [0.15, 0.2) is 0 Å². The van der Waals surface area contributed by atoms with E-state index in [1.807, 2.05) is 12.1 Å². The number of hydrogen-bond acceptors (Lipinski definition) is 7. The summed E-state index contributed by atoms with van der Waals surface area (Å²) < 4.78 is 10.8. The van der Waals surface area contributed by atoms with Crippen LogP contribution in [0.2, 0.25) is 0 Å². The summed E-state index contributed by atoms with van der Waals surface area (Å²) in [6.45, 7) is 0.397. The Morgan fingerprint density at radius 3 is 2.57 bits per heavy atom. The molecule has 0 saturated carbocycles. The fraction of sp³-hybridized carbons (Fsp3) is 0.100. The van der Waals surface area contributed by atoms with Crippen LogP contribution in [0.15, 0.2) is 60.8 Å². The second-order valence-corrected chi connectivity index (χ2v) is 5.73. The van der Waals surface area contributed by atoms with Crippen molar-refractivity contribution in [1.82, 2.24) is 4.98 Å². The molecule has 1 aromatic heterocycles. The first-order valence-corrected chi connectivity index (χ1v) is 8.28. The molecule has 28 heavy (non-hydrogen) atoms. The van der Waals surface area contributed by atoms with Crippen LogP contribution in [0.3, 0.4) is 0 Å². The van der Waals surface area contributed by atoms with Crippen molar-refractivity contribution in [2.75, 3.05) is 12.4 Å². The Balaban J connectivity index is 1.69. The van der Waals surface area contributed by atoms with E-state index in [9.17, 15) is 15.4 Å². The van der Waals surface area contributed by atoms with Gasteiger partial charge in [-0.25, -0.2) is 4.98 Å². The van der Waals surface area contributed by atoms with E-state index in [0.29, 0.717) is 23.9 Å². The lowest BCUT2D eigenvalue weighted by Crippen LogP contribution is -2.02. The molecule has 3 rings (SSSR count). The van der Waals surface area contributed by atoms with Gasteiger partial charge in [-0.1, -0.05) is 0 Å². The number of hydrogen-bond donors (Lipinski definition) is 1. The molecule has 1 heterocycles. The topological polar surface area (TPSA) is 110 Å². The Hall–Kier alpha value is -4.12. The van der Waals surface area contributed by atoms with E-state index < -0.39 is 4.92 Å². The van der Waals surface area contributed by atoms with Crippen molar-refractivity contribution < 1.29 is 14.4 Å². The van der Waals surface area contributed by atoms with Gasteiger partial charge in [0.25, 0.3) is 5.69 Å². The van der Waals surface area contributed by atoms with Crippen molar-refractivity contribution in [2.24, 2.45) is 0 Å². The van der Waals surface area contributed by atoms with Crippen molar-refractivity contribution in [2.45, 2.75) is 6.54 Å². The predicted molar refractivity (Wildman–Crippen MR) is 102 cm³/mol. The highest BCUT2D eigenvalue weighted by atomic mass is 16.6. The summed E-state index contributed by atoms with van der Waals surface area (Å²) in [4.78, 5) is 14.5. The number of nitrogens with zero attached hydrogens (tertiary/aromatic N) is 3. The average molecular weight is 376 g/mol. The SMILES string of the molecule is COc1ccc(Oc2cc(CNc3ccc([N+](=O)[O-])cc3C#N)ccn2)cc1. The zero-order valence-corrected chi connectivity index (χ0v) is 15.0. The number of anilines is 1. The molecule has 0 aliphatic heterocycles. The monoisotopic (exact) mass is 376 g/mol. The number of methoxy groups -OCH3 is 1. The van der Waals surface area contributed by atoms with Crippen LogP contribution in [0, 0.1) is 21.4 Å². The van der Waals surface area contributed by atoms with E-state index in [1.165, 1.54) is 18.2 Å². The number of nitrogens with one attached hydrogen (secondary N) is 1. The van der Waals surface area contributed by atoms with Crippen molar-refractivity contribution >= 4 is 11.4 Å². The number of ether oxygens (including phenoxy) is 2. The lowest BCUT2D eigenvalue weighted by Gasteiger charge is -2.10. The third kappa shape index (κ3) is 4.53. The number of rotatable bonds is 7. The molecule has 0 atom stereocenters. The first-order chi connectivity index (χ1) is 13.6. The largest absolute Gasteiger partial charge is 0.497 e. The van der Waals surface area contributed by atoms with Crippen LogP contribution >= 0.6 is 0 Å². The van der Waals surface area contributed by atoms with E-state index in [4.69, 9.17) is 9.47 Å².